The molecule has 1 aliphatic rings. The monoisotopic (exact) mass is 423 g/mol. The summed E-state index contributed by atoms with van der Waals surface area (Å²) in [4.78, 5) is 40.5. The van der Waals surface area contributed by atoms with Gasteiger partial charge in [-0.2, -0.15) is 0 Å². The zero-order valence-corrected chi connectivity index (χ0v) is 17.9. The van der Waals surface area contributed by atoms with Gasteiger partial charge in [-0.3, -0.25) is 9.59 Å². The third kappa shape index (κ3) is 6.47. The summed E-state index contributed by atoms with van der Waals surface area (Å²) < 4.78 is 0. The zero-order valence-electron chi connectivity index (χ0n) is 17.9. The summed E-state index contributed by atoms with van der Waals surface area (Å²) in [5.74, 6) is -0.346. The normalized spacial score (nSPS) is 13.6. The maximum Gasteiger partial charge on any atom is 0.319 e. The lowest BCUT2D eigenvalue weighted by Crippen LogP contribution is -2.51. The van der Waals surface area contributed by atoms with Gasteiger partial charge in [0.2, 0.25) is 11.8 Å². The van der Waals surface area contributed by atoms with Crippen molar-refractivity contribution in [2.75, 3.05) is 48.3 Å². The van der Waals surface area contributed by atoms with Crippen molar-refractivity contribution in [1.29, 1.82) is 0 Å². The first kappa shape index (κ1) is 22.1. The number of piperazine rings is 1. The summed E-state index contributed by atoms with van der Waals surface area (Å²) in [7, 11) is 0. The highest BCUT2D eigenvalue weighted by Gasteiger charge is 2.21. The van der Waals surface area contributed by atoms with E-state index in [1.54, 1.807) is 29.2 Å². The number of rotatable bonds is 6. The molecule has 164 valence electrons. The van der Waals surface area contributed by atoms with E-state index in [0.29, 0.717) is 24.5 Å². The third-order valence-corrected chi connectivity index (χ3v) is 5.07. The van der Waals surface area contributed by atoms with Gasteiger partial charge in [0.25, 0.3) is 0 Å². The molecule has 0 aromatic heterocycles. The summed E-state index contributed by atoms with van der Waals surface area (Å²) in [5.41, 5.74) is 2.28. The van der Waals surface area contributed by atoms with Crippen molar-refractivity contribution in [2.45, 2.75) is 13.8 Å². The Kier molecular flexibility index (Phi) is 7.48. The van der Waals surface area contributed by atoms with Crippen molar-refractivity contribution in [2.24, 2.45) is 5.92 Å². The Hall–Kier alpha value is -3.55. The first-order chi connectivity index (χ1) is 14.9. The maximum atomic E-state index is 12.5. The molecule has 0 radical (unpaired) electrons. The topological polar surface area (TPSA) is 93.8 Å². The Morgan fingerprint density at radius 2 is 1.52 bits per heavy atom. The Labute approximate surface area is 182 Å². The number of anilines is 3. The molecule has 2 aromatic carbocycles. The van der Waals surface area contributed by atoms with Crippen LogP contribution in [-0.2, 0) is 9.59 Å². The average Bonchev–Trinajstić information content (AvgIpc) is 2.78. The van der Waals surface area contributed by atoms with E-state index in [-0.39, 0.29) is 24.3 Å². The van der Waals surface area contributed by atoms with Crippen LogP contribution < -0.4 is 20.9 Å². The van der Waals surface area contributed by atoms with Crippen molar-refractivity contribution in [1.82, 2.24) is 10.2 Å². The van der Waals surface area contributed by atoms with Crippen molar-refractivity contribution in [3.8, 4) is 0 Å². The Morgan fingerprint density at radius 3 is 2.16 bits per heavy atom. The van der Waals surface area contributed by atoms with Gasteiger partial charge < -0.3 is 25.8 Å². The highest BCUT2D eigenvalue weighted by molar-refractivity contribution is 5.95. The van der Waals surface area contributed by atoms with Gasteiger partial charge in [-0.15, -0.1) is 0 Å². The number of carbonyl (C=O) groups excluding carboxylic acids is 3. The molecule has 1 fully saturated rings. The molecule has 0 saturated carbocycles. The number of benzene rings is 2. The van der Waals surface area contributed by atoms with Gasteiger partial charge in [-0.25, -0.2) is 4.79 Å². The minimum absolute atomic E-state index is 0.0685. The van der Waals surface area contributed by atoms with Crippen LogP contribution >= 0.6 is 0 Å². The van der Waals surface area contributed by atoms with Crippen molar-refractivity contribution < 1.29 is 14.4 Å². The molecular weight excluding hydrogens is 394 g/mol. The summed E-state index contributed by atoms with van der Waals surface area (Å²) in [6.45, 7) is 6.31. The van der Waals surface area contributed by atoms with Gasteiger partial charge in [0, 0.05) is 49.2 Å². The molecule has 2 aromatic rings. The van der Waals surface area contributed by atoms with Gasteiger partial charge in [0.05, 0.1) is 6.54 Å². The summed E-state index contributed by atoms with van der Waals surface area (Å²) >= 11 is 0. The largest absolute Gasteiger partial charge is 0.368 e. The summed E-state index contributed by atoms with van der Waals surface area (Å²) in [5, 5.41) is 8.09. The van der Waals surface area contributed by atoms with Gasteiger partial charge in [0.15, 0.2) is 0 Å². The quantitative estimate of drug-likeness (QED) is 0.666. The zero-order chi connectivity index (χ0) is 22.2. The van der Waals surface area contributed by atoms with E-state index < -0.39 is 6.03 Å². The Balaban J connectivity index is 1.43. The van der Waals surface area contributed by atoms with E-state index in [0.717, 1.165) is 18.8 Å². The molecule has 8 heteroatoms. The smallest absolute Gasteiger partial charge is 0.319 e. The molecule has 0 bridgehead atoms. The van der Waals surface area contributed by atoms with E-state index in [9.17, 15) is 14.4 Å². The van der Waals surface area contributed by atoms with E-state index in [2.05, 4.69) is 33.0 Å². The van der Waals surface area contributed by atoms with Crippen LogP contribution in [0.5, 0.6) is 0 Å². The minimum Gasteiger partial charge on any atom is -0.368 e. The fourth-order valence-corrected chi connectivity index (χ4v) is 3.26. The first-order valence-electron chi connectivity index (χ1n) is 10.5. The number of nitrogens with one attached hydrogen (secondary N) is 3. The van der Waals surface area contributed by atoms with Crippen LogP contribution in [0.15, 0.2) is 54.6 Å². The van der Waals surface area contributed by atoms with Crippen LogP contribution in [0.3, 0.4) is 0 Å². The summed E-state index contributed by atoms with van der Waals surface area (Å²) in [6, 6.07) is 16.5. The van der Waals surface area contributed by atoms with E-state index in [4.69, 9.17) is 0 Å². The van der Waals surface area contributed by atoms with E-state index >= 15 is 0 Å². The van der Waals surface area contributed by atoms with Crippen molar-refractivity contribution in [3.05, 3.63) is 54.6 Å². The van der Waals surface area contributed by atoms with Crippen LogP contribution in [0.4, 0.5) is 21.9 Å². The molecular formula is C23H29N5O3. The Morgan fingerprint density at radius 1 is 0.871 bits per heavy atom. The van der Waals surface area contributed by atoms with Gasteiger partial charge in [0.1, 0.15) is 0 Å². The molecule has 0 unspecified atom stereocenters. The van der Waals surface area contributed by atoms with E-state index in [1.165, 1.54) is 0 Å². The predicted molar refractivity (Wildman–Crippen MR) is 122 cm³/mol. The van der Waals surface area contributed by atoms with Crippen LogP contribution in [-0.4, -0.2) is 55.5 Å². The molecule has 3 rings (SSSR count). The molecule has 1 heterocycles. The highest BCUT2D eigenvalue weighted by atomic mass is 16.2. The third-order valence-electron chi connectivity index (χ3n) is 5.07. The van der Waals surface area contributed by atoms with Crippen LogP contribution in [0.1, 0.15) is 13.8 Å². The average molecular weight is 424 g/mol. The molecule has 4 amide bonds. The van der Waals surface area contributed by atoms with Crippen molar-refractivity contribution in [3.63, 3.8) is 0 Å². The number of nitrogens with zero attached hydrogens (tertiary/aromatic N) is 2. The molecule has 1 aliphatic heterocycles. The fourth-order valence-electron chi connectivity index (χ4n) is 3.26. The molecule has 0 atom stereocenters. The molecule has 31 heavy (non-hydrogen) atoms. The van der Waals surface area contributed by atoms with Crippen molar-refractivity contribution >= 4 is 34.9 Å². The number of amides is 4. The molecule has 0 spiro atoms. The molecule has 0 aliphatic carbocycles. The number of urea groups is 1. The fraction of sp³-hybridized carbons (Fsp3) is 0.348. The molecule has 1 saturated heterocycles. The summed E-state index contributed by atoms with van der Waals surface area (Å²) in [6.07, 6.45) is 0. The van der Waals surface area contributed by atoms with Gasteiger partial charge in [-0.05, 0) is 30.3 Å². The highest BCUT2D eigenvalue weighted by Crippen LogP contribution is 2.17. The van der Waals surface area contributed by atoms with Crippen LogP contribution in [0.25, 0.3) is 0 Å². The second kappa shape index (κ2) is 10.5. The van der Waals surface area contributed by atoms with Gasteiger partial charge in [-0.1, -0.05) is 38.1 Å². The lowest BCUT2D eigenvalue weighted by molar-refractivity contribution is -0.130. The number of hydrogen-bond donors (Lipinski definition) is 3. The number of carbonyl (C=O) groups is 3. The maximum absolute atomic E-state index is 12.5. The molecule has 8 nitrogen and oxygen atoms in total. The first-order valence-corrected chi connectivity index (χ1v) is 10.5. The van der Waals surface area contributed by atoms with Gasteiger partial charge >= 0.3 is 6.03 Å². The second-order valence-electron chi connectivity index (χ2n) is 7.74. The number of hydrogen-bond acceptors (Lipinski definition) is 4. The van der Waals surface area contributed by atoms with E-state index in [1.807, 2.05) is 32.0 Å². The Bertz CT molecular complexity index is 908. The second-order valence-corrected chi connectivity index (χ2v) is 7.74. The standard InChI is InChI=1S/C23H29N5O3/c1-17(2)22(30)25-18-7-6-8-19(15-18)26-23(31)24-16-21(29)28-13-11-27(12-14-28)20-9-4-3-5-10-20/h3-10,15,17H,11-14,16H2,1-2H3,(H,25,30)(H2,24,26,31). The van der Waals surface area contributed by atoms with Crippen LogP contribution in [0, 0.1) is 5.92 Å². The lowest BCUT2D eigenvalue weighted by Gasteiger charge is -2.36. The SMILES string of the molecule is CC(C)C(=O)Nc1cccc(NC(=O)NCC(=O)N2CCN(c3ccccc3)CC2)c1. The number of para-hydroxylation sites is 1. The molecule has 3 N–H and O–H groups in total. The lowest BCUT2D eigenvalue weighted by atomic mass is 10.2. The van der Waals surface area contributed by atoms with Crippen LogP contribution in [0.2, 0.25) is 0 Å². The predicted octanol–water partition coefficient (Wildman–Crippen LogP) is 2.75. The minimum atomic E-state index is -0.469.